The van der Waals surface area contributed by atoms with Gasteiger partial charge in [-0.15, -0.1) is 0 Å². The highest BCUT2D eigenvalue weighted by atomic mass is 16.5. The number of piperidine rings is 2. The summed E-state index contributed by atoms with van der Waals surface area (Å²) in [6, 6.07) is 2.53. The van der Waals surface area contributed by atoms with Crippen molar-refractivity contribution in [2.45, 2.75) is 57.2 Å². The minimum atomic E-state index is -0.137. The number of ether oxygens (including phenoxy) is 1. The van der Waals surface area contributed by atoms with E-state index in [0.717, 1.165) is 64.7 Å². The highest BCUT2D eigenvalue weighted by Gasteiger charge is 2.33. The summed E-state index contributed by atoms with van der Waals surface area (Å²) in [5.74, 6) is 1.34. The molecule has 3 fully saturated rings. The Labute approximate surface area is 166 Å². The molecule has 7 nitrogen and oxygen atoms in total. The molecule has 1 aromatic heterocycles. The van der Waals surface area contributed by atoms with Crippen LogP contribution in [0.5, 0.6) is 5.75 Å². The normalized spacial score (nSPS) is 24.8. The van der Waals surface area contributed by atoms with Crippen LogP contribution in [0.3, 0.4) is 0 Å². The molecule has 3 heterocycles. The van der Waals surface area contributed by atoms with Crippen LogP contribution in [-0.2, 0) is 11.3 Å². The third-order valence-electron chi connectivity index (χ3n) is 6.27. The lowest BCUT2D eigenvalue weighted by Crippen LogP contribution is -2.50. The summed E-state index contributed by atoms with van der Waals surface area (Å²) in [4.78, 5) is 29.2. The molecule has 0 radical (unpaired) electrons. The molecule has 1 N–H and O–H groups in total. The Balaban J connectivity index is 1.26. The second kappa shape index (κ2) is 8.66. The van der Waals surface area contributed by atoms with Gasteiger partial charge in [0.05, 0.1) is 19.6 Å². The third-order valence-corrected chi connectivity index (χ3v) is 6.27. The Morgan fingerprint density at radius 3 is 2.68 bits per heavy atom. The number of nitrogens with zero attached hydrogens (tertiary/aromatic N) is 2. The first-order valence-corrected chi connectivity index (χ1v) is 10.5. The Morgan fingerprint density at radius 2 is 2.00 bits per heavy atom. The zero-order valence-corrected chi connectivity index (χ0v) is 16.7. The van der Waals surface area contributed by atoms with Crippen LogP contribution in [0, 0.1) is 5.92 Å². The Hall–Kier alpha value is -1.86. The summed E-state index contributed by atoms with van der Waals surface area (Å²) < 4.78 is 10.5. The first kappa shape index (κ1) is 19.5. The fourth-order valence-electron chi connectivity index (χ4n) is 4.43. The van der Waals surface area contributed by atoms with Crippen LogP contribution in [0.15, 0.2) is 21.5 Å². The van der Waals surface area contributed by atoms with Gasteiger partial charge in [0, 0.05) is 37.8 Å². The van der Waals surface area contributed by atoms with Gasteiger partial charge in [0.1, 0.15) is 12.0 Å². The van der Waals surface area contributed by atoms with Gasteiger partial charge >= 0.3 is 0 Å². The number of methoxy groups -OCH3 is 1. The Bertz CT molecular complexity index is 737. The molecule has 1 aromatic rings. The molecule has 3 aliphatic rings. The van der Waals surface area contributed by atoms with E-state index in [4.69, 9.17) is 9.15 Å². The van der Waals surface area contributed by atoms with Crippen LogP contribution < -0.4 is 15.5 Å². The average molecular weight is 389 g/mol. The lowest BCUT2D eigenvalue weighted by molar-refractivity contribution is -0.127. The molecular formula is C21H31N3O4. The van der Waals surface area contributed by atoms with E-state index in [2.05, 4.69) is 15.1 Å². The van der Waals surface area contributed by atoms with Crippen LogP contribution >= 0.6 is 0 Å². The molecule has 1 aliphatic carbocycles. The summed E-state index contributed by atoms with van der Waals surface area (Å²) in [6.07, 6.45) is 8.01. The summed E-state index contributed by atoms with van der Waals surface area (Å²) in [7, 11) is 1.47. The summed E-state index contributed by atoms with van der Waals surface area (Å²) in [5, 5.41) is 3.18. The molecule has 0 bridgehead atoms. The fourth-order valence-corrected chi connectivity index (χ4v) is 4.43. The van der Waals surface area contributed by atoms with Crippen molar-refractivity contribution < 1.29 is 13.9 Å². The lowest BCUT2D eigenvalue weighted by atomic mass is 9.93. The molecule has 7 heteroatoms. The smallest absolute Gasteiger partial charge is 0.227 e. The molecule has 2 aliphatic heterocycles. The maximum atomic E-state index is 12.4. The van der Waals surface area contributed by atoms with Gasteiger partial charge in [-0.1, -0.05) is 0 Å². The summed E-state index contributed by atoms with van der Waals surface area (Å²) in [6.45, 7) is 4.62. The number of hydrogen-bond acceptors (Lipinski definition) is 6. The molecule has 1 unspecified atom stereocenters. The molecule has 0 aromatic carbocycles. The molecule has 4 rings (SSSR count). The molecule has 28 heavy (non-hydrogen) atoms. The van der Waals surface area contributed by atoms with E-state index in [1.165, 1.54) is 19.4 Å². The van der Waals surface area contributed by atoms with E-state index in [1.807, 2.05) is 0 Å². The standard InChI is InChI=1S/C21H31N3O4/c1-27-20-14-28-18(11-19(20)25)13-23-9-6-17(7-10-23)24-8-2-3-15(12-24)21(26)22-16-4-5-16/h11,14-17H,2-10,12-13H2,1H3,(H,22,26). The predicted molar refractivity (Wildman–Crippen MR) is 105 cm³/mol. The molecule has 1 saturated carbocycles. The first-order chi connectivity index (χ1) is 13.6. The predicted octanol–water partition coefficient (Wildman–Crippen LogP) is 1.60. The Kier molecular flexibility index (Phi) is 6.01. The molecule has 1 amide bonds. The maximum absolute atomic E-state index is 12.4. The number of nitrogens with one attached hydrogen (secondary N) is 1. The van der Waals surface area contributed by atoms with Crippen molar-refractivity contribution in [1.82, 2.24) is 15.1 Å². The molecular weight excluding hydrogens is 358 g/mol. The molecule has 1 atom stereocenters. The summed E-state index contributed by atoms with van der Waals surface area (Å²) in [5.41, 5.74) is -0.137. The van der Waals surface area contributed by atoms with E-state index in [-0.39, 0.29) is 23.0 Å². The van der Waals surface area contributed by atoms with Crippen molar-refractivity contribution in [2.24, 2.45) is 5.92 Å². The molecule has 2 saturated heterocycles. The highest BCUT2D eigenvalue weighted by molar-refractivity contribution is 5.79. The van der Waals surface area contributed by atoms with E-state index >= 15 is 0 Å². The quantitative estimate of drug-likeness (QED) is 0.797. The topological polar surface area (TPSA) is 75.0 Å². The van der Waals surface area contributed by atoms with Crippen LogP contribution in [0.1, 0.15) is 44.3 Å². The van der Waals surface area contributed by atoms with Crippen molar-refractivity contribution in [3.8, 4) is 5.75 Å². The van der Waals surface area contributed by atoms with E-state index in [0.29, 0.717) is 24.4 Å². The van der Waals surface area contributed by atoms with Crippen molar-refractivity contribution in [3.05, 3.63) is 28.3 Å². The number of rotatable bonds is 6. The van der Waals surface area contributed by atoms with Crippen LogP contribution in [0.2, 0.25) is 0 Å². The van der Waals surface area contributed by atoms with Crippen molar-refractivity contribution in [1.29, 1.82) is 0 Å². The third kappa shape index (κ3) is 4.75. The van der Waals surface area contributed by atoms with Crippen LogP contribution in [0.4, 0.5) is 0 Å². The van der Waals surface area contributed by atoms with Gasteiger partial charge in [-0.2, -0.15) is 0 Å². The van der Waals surface area contributed by atoms with Crippen molar-refractivity contribution in [2.75, 3.05) is 33.3 Å². The van der Waals surface area contributed by atoms with Gasteiger partial charge in [-0.05, 0) is 45.1 Å². The Morgan fingerprint density at radius 1 is 1.21 bits per heavy atom. The lowest BCUT2D eigenvalue weighted by Gasteiger charge is -2.42. The van der Waals surface area contributed by atoms with Gasteiger partial charge in [0.25, 0.3) is 0 Å². The largest absolute Gasteiger partial charge is 0.490 e. The van der Waals surface area contributed by atoms with Gasteiger partial charge in [0.2, 0.25) is 17.1 Å². The van der Waals surface area contributed by atoms with Crippen molar-refractivity contribution in [3.63, 3.8) is 0 Å². The van der Waals surface area contributed by atoms with Gasteiger partial charge in [-0.25, -0.2) is 0 Å². The van der Waals surface area contributed by atoms with Crippen LogP contribution in [-0.4, -0.2) is 61.1 Å². The second-order valence-electron chi connectivity index (χ2n) is 8.40. The van der Waals surface area contributed by atoms with Gasteiger partial charge < -0.3 is 14.5 Å². The minimum Gasteiger partial charge on any atom is -0.490 e. The second-order valence-corrected chi connectivity index (χ2v) is 8.40. The maximum Gasteiger partial charge on any atom is 0.227 e. The first-order valence-electron chi connectivity index (χ1n) is 10.5. The summed E-state index contributed by atoms with van der Waals surface area (Å²) >= 11 is 0. The number of hydrogen-bond donors (Lipinski definition) is 1. The minimum absolute atomic E-state index is 0.137. The fraction of sp³-hybridized carbons (Fsp3) is 0.714. The van der Waals surface area contributed by atoms with E-state index in [9.17, 15) is 9.59 Å². The zero-order chi connectivity index (χ0) is 19.5. The average Bonchev–Trinajstić information content (AvgIpc) is 3.53. The zero-order valence-electron chi connectivity index (χ0n) is 16.7. The number of carbonyl (C=O) groups is 1. The number of amides is 1. The monoisotopic (exact) mass is 389 g/mol. The van der Waals surface area contributed by atoms with Crippen molar-refractivity contribution >= 4 is 5.91 Å². The number of likely N-dealkylation sites (tertiary alicyclic amines) is 2. The van der Waals surface area contributed by atoms with Crippen LogP contribution in [0.25, 0.3) is 0 Å². The SMILES string of the molecule is COc1coc(CN2CCC(N3CCCC(C(=O)NC4CC4)C3)CC2)cc1=O. The number of carbonyl (C=O) groups excluding carboxylic acids is 1. The van der Waals surface area contributed by atoms with E-state index < -0.39 is 0 Å². The van der Waals surface area contributed by atoms with Gasteiger partial charge in [0.15, 0.2) is 0 Å². The molecule has 154 valence electrons. The van der Waals surface area contributed by atoms with Gasteiger partial charge in [-0.3, -0.25) is 19.4 Å². The highest BCUT2D eigenvalue weighted by Crippen LogP contribution is 2.26. The van der Waals surface area contributed by atoms with E-state index in [1.54, 1.807) is 0 Å². The molecule has 0 spiro atoms.